The summed E-state index contributed by atoms with van der Waals surface area (Å²) >= 11 is 0. The maximum Gasteiger partial charge on any atom is 0.121 e. The molecule has 0 aliphatic heterocycles. The highest BCUT2D eigenvalue weighted by atomic mass is 16.3. The molecule has 0 radical (unpaired) electrons. The van der Waals surface area contributed by atoms with Gasteiger partial charge < -0.3 is 10.2 Å². The summed E-state index contributed by atoms with van der Waals surface area (Å²) in [5.74, 6) is 0.383. The third-order valence-electron chi connectivity index (χ3n) is 2.39. The summed E-state index contributed by atoms with van der Waals surface area (Å²) in [6, 6.07) is 3.93. The maximum absolute atomic E-state index is 9.72. The van der Waals surface area contributed by atoms with Crippen LogP contribution in [0.1, 0.15) is 23.1 Å². The number of aliphatic hydroxyl groups is 1. The van der Waals surface area contributed by atoms with Crippen LogP contribution >= 0.6 is 0 Å². The monoisotopic (exact) mass is 180 g/mol. The predicted molar refractivity (Wildman–Crippen MR) is 53.0 cm³/mol. The number of aliphatic hydroxyl groups excluding tert-OH is 1. The van der Waals surface area contributed by atoms with E-state index in [-0.39, 0.29) is 6.61 Å². The van der Waals surface area contributed by atoms with Crippen LogP contribution in [0.4, 0.5) is 0 Å². The summed E-state index contributed by atoms with van der Waals surface area (Å²) in [5, 5.41) is 18.4. The Hall–Kier alpha value is -1.02. The number of benzene rings is 1. The first kappa shape index (κ1) is 10.1. The number of hydrogen-bond acceptors (Lipinski definition) is 2. The summed E-state index contributed by atoms with van der Waals surface area (Å²) in [4.78, 5) is 0. The van der Waals surface area contributed by atoms with Crippen LogP contribution in [0.3, 0.4) is 0 Å². The normalized spacial score (nSPS) is 10.4. The van der Waals surface area contributed by atoms with Crippen molar-refractivity contribution in [2.24, 2.45) is 0 Å². The lowest BCUT2D eigenvalue weighted by Crippen LogP contribution is -1.93. The van der Waals surface area contributed by atoms with Gasteiger partial charge in [0, 0.05) is 6.61 Å². The van der Waals surface area contributed by atoms with Crippen molar-refractivity contribution in [2.45, 2.75) is 26.7 Å². The Morgan fingerprint density at radius 1 is 1.23 bits per heavy atom. The van der Waals surface area contributed by atoms with Crippen LogP contribution in [0.15, 0.2) is 12.1 Å². The molecule has 2 N–H and O–H groups in total. The lowest BCUT2D eigenvalue weighted by molar-refractivity contribution is 0.288. The van der Waals surface area contributed by atoms with Gasteiger partial charge in [0.25, 0.3) is 0 Å². The van der Waals surface area contributed by atoms with Crippen LogP contribution in [-0.4, -0.2) is 16.8 Å². The summed E-state index contributed by atoms with van der Waals surface area (Å²) in [5.41, 5.74) is 2.97. The number of aryl methyl sites for hydroxylation is 2. The molecule has 0 amide bonds. The molecule has 2 nitrogen and oxygen atoms in total. The molecular weight excluding hydrogens is 164 g/mol. The van der Waals surface area contributed by atoms with Crippen LogP contribution < -0.4 is 0 Å². The van der Waals surface area contributed by atoms with Gasteiger partial charge in [-0.25, -0.2) is 0 Å². The standard InChI is InChI=1S/C11H16O2/c1-8-5-6-10(4-3-7-12)11(13)9(8)2/h5-6,12-13H,3-4,7H2,1-2H3. The predicted octanol–water partition coefficient (Wildman–Crippen LogP) is 1.93. The molecule has 1 aromatic carbocycles. The van der Waals surface area contributed by atoms with Gasteiger partial charge in [0.15, 0.2) is 0 Å². The quantitative estimate of drug-likeness (QED) is 0.746. The van der Waals surface area contributed by atoms with Crippen molar-refractivity contribution >= 4 is 0 Å². The molecule has 13 heavy (non-hydrogen) atoms. The van der Waals surface area contributed by atoms with Gasteiger partial charge in [-0.1, -0.05) is 12.1 Å². The zero-order valence-electron chi connectivity index (χ0n) is 8.17. The molecule has 0 atom stereocenters. The summed E-state index contributed by atoms with van der Waals surface area (Å²) in [6.07, 6.45) is 1.44. The number of phenols is 1. The van der Waals surface area contributed by atoms with Crippen LogP contribution in [0.25, 0.3) is 0 Å². The summed E-state index contributed by atoms with van der Waals surface area (Å²) < 4.78 is 0. The Balaban J connectivity index is 2.90. The van der Waals surface area contributed by atoms with Gasteiger partial charge in [0.2, 0.25) is 0 Å². The zero-order chi connectivity index (χ0) is 9.84. The Morgan fingerprint density at radius 2 is 1.92 bits per heavy atom. The molecular formula is C11H16O2. The molecule has 1 aromatic rings. The molecule has 1 rings (SSSR count). The number of aromatic hydroxyl groups is 1. The van der Waals surface area contributed by atoms with E-state index in [1.165, 1.54) is 0 Å². The number of rotatable bonds is 3. The van der Waals surface area contributed by atoms with Crippen molar-refractivity contribution < 1.29 is 10.2 Å². The van der Waals surface area contributed by atoms with Gasteiger partial charge >= 0.3 is 0 Å². The molecule has 0 aliphatic rings. The molecule has 0 unspecified atom stereocenters. The molecule has 0 fully saturated rings. The van der Waals surface area contributed by atoms with Crippen LogP contribution in [0, 0.1) is 13.8 Å². The molecule has 0 heterocycles. The number of phenolic OH excluding ortho intramolecular Hbond substituents is 1. The highest BCUT2D eigenvalue weighted by molar-refractivity contribution is 5.44. The molecule has 0 bridgehead atoms. The largest absolute Gasteiger partial charge is 0.507 e. The Labute approximate surface area is 78.8 Å². The Bertz CT molecular complexity index is 292. The van der Waals surface area contributed by atoms with E-state index >= 15 is 0 Å². The molecule has 72 valence electrons. The lowest BCUT2D eigenvalue weighted by atomic mass is 10.0. The van der Waals surface area contributed by atoms with Crippen LogP contribution in [0.5, 0.6) is 5.75 Å². The fourth-order valence-electron chi connectivity index (χ4n) is 1.33. The van der Waals surface area contributed by atoms with E-state index < -0.39 is 0 Å². The van der Waals surface area contributed by atoms with Gasteiger partial charge in [-0.05, 0) is 43.4 Å². The highest BCUT2D eigenvalue weighted by Gasteiger charge is 2.05. The second-order valence-electron chi connectivity index (χ2n) is 3.34. The summed E-state index contributed by atoms with van der Waals surface area (Å²) in [7, 11) is 0. The van der Waals surface area contributed by atoms with E-state index in [1.807, 2.05) is 26.0 Å². The van der Waals surface area contributed by atoms with Crippen LogP contribution in [-0.2, 0) is 6.42 Å². The van der Waals surface area contributed by atoms with E-state index in [1.54, 1.807) is 0 Å². The van der Waals surface area contributed by atoms with Gasteiger partial charge in [-0.15, -0.1) is 0 Å². The van der Waals surface area contributed by atoms with Crippen molar-refractivity contribution in [1.29, 1.82) is 0 Å². The average Bonchev–Trinajstić information content (AvgIpc) is 2.13. The van der Waals surface area contributed by atoms with Crippen LogP contribution in [0.2, 0.25) is 0 Å². The second-order valence-corrected chi connectivity index (χ2v) is 3.34. The molecule has 0 saturated carbocycles. The van der Waals surface area contributed by atoms with E-state index in [0.29, 0.717) is 12.2 Å². The van der Waals surface area contributed by atoms with Gasteiger partial charge in [-0.2, -0.15) is 0 Å². The zero-order valence-corrected chi connectivity index (χ0v) is 8.17. The molecule has 0 spiro atoms. The fraction of sp³-hybridized carbons (Fsp3) is 0.455. The lowest BCUT2D eigenvalue weighted by Gasteiger charge is -2.08. The van der Waals surface area contributed by atoms with Crippen molar-refractivity contribution in [3.05, 3.63) is 28.8 Å². The minimum Gasteiger partial charge on any atom is -0.507 e. The van der Waals surface area contributed by atoms with Crippen molar-refractivity contribution in [3.63, 3.8) is 0 Å². The van der Waals surface area contributed by atoms with Crippen molar-refractivity contribution in [2.75, 3.05) is 6.61 Å². The van der Waals surface area contributed by atoms with Crippen molar-refractivity contribution in [1.82, 2.24) is 0 Å². The van der Waals surface area contributed by atoms with E-state index in [0.717, 1.165) is 23.1 Å². The van der Waals surface area contributed by atoms with E-state index in [4.69, 9.17) is 5.11 Å². The second kappa shape index (κ2) is 4.28. The van der Waals surface area contributed by atoms with Gasteiger partial charge in [0.05, 0.1) is 0 Å². The fourth-order valence-corrected chi connectivity index (χ4v) is 1.33. The number of hydrogen-bond donors (Lipinski definition) is 2. The first-order chi connectivity index (χ1) is 6.16. The molecule has 0 aliphatic carbocycles. The van der Waals surface area contributed by atoms with Gasteiger partial charge in [0.1, 0.15) is 5.75 Å². The van der Waals surface area contributed by atoms with Gasteiger partial charge in [-0.3, -0.25) is 0 Å². The smallest absolute Gasteiger partial charge is 0.121 e. The first-order valence-corrected chi connectivity index (χ1v) is 4.55. The van der Waals surface area contributed by atoms with E-state index in [2.05, 4.69) is 0 Å². The van der Waals surface area contributed by atoms with Crippen molar-refractivity contribution in [3.8, 4) is 5.75 Å². The van der Waals surface area contributed by atoms with E-state index in [9.17, 15) is 5.11 Å². The molecule has 0 aromatic heterocycles. The first-order valence-electron chi connectivity index (χ1n) is 4.55. The minimum absolute atomic E-state index is 0.173. The minimum atomic E-state index is 0.173. The topological polar surface area (TPSA) is 40.5 Å². The molecule has 0 saturated heterocycles. The third-order valence-corrected chi connectivity index (χ3v) is 2.39. The average molecular weight is 180 g/mol. The third kappa shape index (κ3) is 2.22. The SMILES string of the molecule is Cc1ccc(CCCO)c(O)c1C. The Morgan fingerprint density at radius 3 is 2.54 bits per heavy atom. The highest BCUT2D eigenvalue weighted by Crippen LogP contribution is 2.25. The summed E-state index contributed by atoms with van der Waals surface area (Å²) in [6.45, 7) is 4.06. The maximum atomic E-state index is 9.72. The Kier molecular flexibility index (Phi) is 3.32. The molecule has 2 heteroatoms.